The zero-order chi connectivity index (χ0) is 19.0. The fourth-order valence-corrected chi connectivity index (χ4v) is 5.91. The molecule has 2 aromatic rings. The van der Waals surface area contributed by atoms with Crippen LogP contribution in [0.15, 0.2) is 47.4 Å². The van der Waals surface area contributed by atoms with Crippen molar-refractivity contribution >= 4 is 44.2 Å². The molecule has 1 fully saturated rings. The summed E-state index contributed by atoms with van der Waals surface area (Å²) in [6.45, 7) is 1.84. The summed E-state index contributed by atoms with van der Waals surface area (Å²) in [4.78, 5) is 15.1. The van der Waals surface area contributed by atoms with Crippen LogP contribution in [-0.2, 0) is 16.4 Å². The summed E-state index contributed by atoms with van der Waals surface area (Å²) in [5.74, 6) is -0.0374. The molecule has 27 heavy (non-hydrogen) atoms. The number of nitrogens with zero attached hydrogens (tertiary/aromatic N) is 2. The van der Waals surface area contributed by atoms with Gasteiger partial charge in [-0.15, -0.1) is 0 Å². The quantitative estimate of drug-likeness (QED) is 0.610. The molecule has 4 rings (SSSR count). The van der Waals surface area contributed by atoms with E-state index < -0.39 is 10.0 Å². The molecule has 7 heteroatoms. The van der Waals surface area contributed by atoms with E-state index >= 15 is 0 Å². The summed E-state index contributed by atoms with van der Waals surface area (Å²) in [6, 6.07) is 12.7. The first kappa shape index (κ1) is 18.9. The van der Waals surface area contributed by atoms with Crippen molar-refractivity contribution in [3.63, 3.8) is 0 Å². The Kier molecular flexibility index (Phi) is 5.26. The minimum Gasteiger partial charge on any atom is -0.308 e. The summed E-state index contributed by atoms with van der Waals surface area (Å²) in [5.41, 5.74) is 2.41. The number of benzene rings is 2. The van der Waals surface area contributed by atoms with Crippen LogP contribution in [0.5, 0.6) is 0 Å². The molecule has 0 aliphatic carbocycles. The highest BCUT2D eigenvalue weighted by Gasteiger charge is 2.30. The van der Waals surface area contributed by atoms with E-state index in [4.69, 9.17) is 0 Å². The number of aryl methyl sites for hydroxylation is 1. The SMILES string of the molecule is O=C(c1cccc(I)c1)N1CCCc2cc(S(=O)(=O)N3CCCC3)ccc21. The first-order chi connectivity index (χ1) is 13.0. The van der Waals surface area contributed by atoms with Crippen LogP contribution in [0.3, 0.4) is 0 Å². The summed E-state index contributed by atoms with van der Waals surface area (Å²) >= 11 is 2.20. The number of rotatable bonds is 3. The van der Waals surface area contributed by atoms with E-state index in [-0.39, 0.29) is 5.91 Å². The van der Waals surface area contributed by atoms with E-state index in [1.54, 1.807) is 27.4 Å². The molecule has 0 unspecified atom stereocenters. The first-order valence-corrected chi connectivity index (χ1v) is 11.7. The first-order valence-electron chi connectivity index (χ1n) is 9.17. The second-order valence-corrected chi connectivity index (χ2v) is 10.2. The van der Waals surface area contributed by atoms with Crippen LogP contribution in [-0.4, -0.2) is 38.3 Å². The summed E-state index contributed by atoms with van der Waals surface area (Å²) in [5, 5.41) is 0. The number of hydrogen-bond donors (Lipinski definition) is 0. The smallest absolute Gasteiger partial charge is 0.258 e. The summed E-state index contributed by atoms with van der Waals surface area (Å²) in [6.07, 6.45) is 3.45. The number of carbonyl (C=O) groups is 1. The third kappa shape index (κ3) is 3.64. The van der Waals surface area contributed by atoms with Crippen molar-refractivity contribution in [3.8, 4) is 0 Å². The Labute approximate surface area is 173 Å². The van der Waals surface area contributed by atoms with E-state index in [1.807, 2.05) is 24.3 Å². The van der Waals surface area contributed by atoms with Crippen molar-refractivity contribution in [3.05, 3.63) is 57.2 Å². The van der Waals surface area contributed by atoms with Gasteiger partial charge in [-0.2, -0.15) is 4.31 Å². The van der Waals surface area contributed by atoms with Crippen molar-refractivity contribution in [2.75, 3.05) is 24.5 Å². The van der Waals surface area contributed by atoms with Crippen molar-refractivity contribution < 1.29 is 13.2 Å². The summed E-state index contributed by atoms with van der Waals surface area (Å²) in [7, 11) is -3.44. The van der Waals surface area contributed by atoms with Crippen molar-refractivity contribution in [1.29, 1.82) is 0 Å². The molecule has 2 heterocycles. The van der Waals surface area contributed by atoms with E-state index in [1.165, 1.54) is 0 Å². The highest BCUT2D eigenvalue weighted by molar-refractivity contribution is 14.1. The molecule has 0 N–H and O–H groups in total. The molecule has 0 saturated carbocycles. The highest BCUT2D eigenvalue weighted by atomic mass is 127. The molecule has 0 radical (unpaired) electrons. The molecule has 5 nitrogen and oxygen atoms in total. The van der Waals surface area contributed by atoms with Gasteiger partial charge >= 0.3 is 0 Å². The van der Waals surface area contributed by atoms with Gasteiger partial charge in [0.05, 0.1) is 4.90 Å². The van der Waals surface area contributed by atoms with Gasteiger partial charge in [0.25, 0.3) is 5.91 Å². The van der Waals surface area contributed by atoms with E-state index in [0.29, 0.717) is 30.1 Å². The molecule has 0 aromatic heterocycles. The maximum Gasteiger partial charge on any atom is 0.258 e. The lowest BCUT2D eigenvalue weighted by Crippen LogP contribution is -2.35. The summed E-state index contributed by atoms with van der Waals surface area (Å²) < 4.78 is 28.3. The van der Waals surface area contributed by atoms with Gasteiger partial charge in [-0.1, -0.05) is 6.07 Å². The van der Waals surface area contributed by atoms with Crippen LogP contribution in [0.25, 0.3) is 0 Å². The monoisotopic (exact) mass is 496 g/mol. The van der Waals surface area contributed by atoms with Crippen LogP contribution < -0.4 is 4.90 Å². The fraction of sp³-hybridized carbons (Fsp3) is 0.350. The van der Waals surface area contributed by atoms with E-state index in [2.05, 4.69) is 22.6 Å². The number of amides is 1. The number of anilines is 1. The number of fused-ring (bicyclic) bond motifs is 1. The van der Waals surface area contributed by atoms with Gasteiger partial charge < -0.3 is 4.90 Å². The lowest BCUT2D eigenvalue weighted by Gasteiger charge is -2.30. The lowest BCUT2D eigenvalue weighted by molar-refractivity contribution is 0.0985. The van der Waals surface area contributed by atoms with Crippen LogP contribution in [0.4, 0.5) is 5.69 Å². The molecule has 0 atom stereocenters. The van der Waals surface area contributed by atoms with Crippen molar-refractivity contribution in [1.82, 2.24) is 4.31 Å². The minimum atomic E-state index is -3.44. The number of halogens is 1. The minimum absolute atomic E-state index is 0.0374. The van der Waals surface area contributed by atoms with E-state index in [0.717, 1.165) is 40.5 Å². The molecule has 1 amide bonds. The Hall–Kier alpha value is -1.45. The van der Waals surface area contributed by atoms with Gasteiger partial charge in [-0.25, -0.2) is 8.42 Å². The van der Waals surface area contributed by atoms with Crippen LogP contribution in [0, 0.1) is 3.57 Å². The second-order valence-electron chi connectivity index (χ2n) is 6.97. The molecule has 0 bridgehead atoms. The van der Waals surface area contributed by atoms with Crippen LogP contribution >= 0.6 is 22.6 Å². The standard InChI is InChI=1S/C20H21IN2O3S/c21-17-7-3-5-16(13-17)20(24)23-12-4-6-15-14-18(8-9-19(15)23)27(25,26)22-10-1-2-11-22/h3,5,7-9,13-14H,1-2,4,6,10-12H2. The average Bonchev–Trinajstić information content (AvgIpc) is 3.22. The molecule has 1 saturated heterocycles. The normalized spacial score (nSPS) is 17.7. The Morgan fingerprint density at radius 1 is 0.963 bits per heavy atom. The predicted molar refractivity (Wildman–Crippen MR) is 114 cm³/mol. The number of hydrogen-bond acceptors (Lipinski definition) is 3. The van der Waals surface area contributed by atoms with Crippen molar-refractivity contribution in [2.24, 2.45) is 0 Å². The topological polar surface area (TPSA) is 57.7 Å². The van der Waals surface area contributed by atoms with Crippen LogP contribution in [0.2, 0.25) is 0 Å². The average molecular weight is 496 g/mol. The Balaban J connectivity index is 1.67. The number of carbonyl (C=O) groups excluding carboxylic acids is 1. The molecule has 0 spiro atoms. The Bertz CT molecular complexity index is 984. The Morgan fingerprint density at radius 2 is 1.74 bits per heavy atom. The fourth-order valence-electron chi connectivity index (χ4n) is 3.80. The lowest BCUT2D eigenvalue weighted by atomic mass is 10.0. The zero-order valence-electron chi connectivity index (χ0n) is 14.9. The maximum absolute atomic E-state index is 13.0. The predicted octanol–water partition coefficient (Wildman–Crippen LogP) is 3.67. The third-order valence-electron chi connectivity index (χ3n) is 5.19. The number of sulfonamides is 1. The maximum atomic E-state index is 13.0. The van der Waals surface area contributed by atoms with Gasteiger partial charge in [0, 0.05) is 34.5 Å². The molecular formula is C20H21IN2O3S. The zero-order valence-corrected chi connectivity index (χ0v) is 17.9. The molecule has 142 valence electrons. The molecular weight excluding hydrogens is 475 g/mol. The molecule has 2 aliphatic rings. The second kappa shape index (κ2) is 7.52. The third-order valence-corrected chi connectivity index (χ3v) is 7.75. The van der Waals surface area contributed by atoms with Gasteiger partial charge in [-0.05, 0) is 90.2 Å². The van der Waals surface area contributed by atoms with Gasteiger partial charge in [0.1, 0.15) is 0 Å². The highest BCUT2D eigenvalue weighted by Crippen LogP contribution is 2.32. The largest absolute Gasteiger partial charge is 0.308 e. The molecule has 2 aromatic carbocycles. The van der Waals surface area contributed by atoms with Gasteiger partial charge in [-0.3, -0.25) is 4.79 Å². The Morgan fingerprint density at radius 3 is 2.48 bits per heavy atom. The van der Waals surface area contributed by atoms with Crippen LogP contribution in [0.1, 0.15) is 35.2 Å². The van der Waals surface area contributed by atoms with Crippen molar-refractivity contribution in [2.45, 2.75) is 30.6 Å². The van der Waals surface area contributed by atoms with Gasteiger partial charge in [0.2, 0.25) is 10.0 Å². The molecule has 2 aliphatic heterocycles. The van der Waals surface area contributed by atoms with Gasteiger partial charge in [0.15, 0.2) is 0 Å². The van der Waals surface area contributed by atoms with E-state index in [9.17, 15) is 13.2 Å².